The van der Waals surface area contributed by atoms with Crippen LogP contribution in [0.5, 0.6) is 0 Å². The summed E-state index contributed by atoms with van der Waals surface area (Å²) in [6, 6.07) is 8.47. The quantitative estimate of drug-likeness (QED) is 0.787. The predicted molar refractivity (Wildman–Crippen MR) is 60.4 cm³/mol. The van der Waals surface area contributed by atoms with Gasteiger partial charge in [-0.15, -0.1) is 0 Å². The molecule has 5 heteroatoms. The van der Waals surface area contributed by atoms with Crippen molar-refractivity contribution in [3.63, 3.8) is 0 Å². The third-order valence-corrected chi connectivity index (χ3v) is 4.60. The Kier molecular flexibility index (Phi) is 3.28. The van der Waals surface area contributed by atoms with Gasteiger partial charge in [0, 0.05) is 13.2 Å². The first-order valence-electron chi connectivity index (χ1n) is 5.31. The monoisotopic (exact) mass is 241 g/mol. The van der Waals surface area contributed by atoms with E-state index in [1.807, 2.05) is 0 Å². The molecule has 1 aliphatic heterocycles. The Morgan fingerprint density at radius 3 is 2.62 bits per heavy atom. The lowest BCUT2D eigenvalue weighted by atomic mass is 10.4. The summed E-state index contributed by atoms with van der Waals surface area (Å²) in [5, 5.41) is 0. The van der Waals surface area contributed by atoms with E-state index in [-0.39, 0.29) is 6.23 Å². The van der Waals surface area contributed by atoms with Crippen LogP contribution in [0.3, 0.4) is 0 Å². The van der Waals surface area contributed by atoms with E-state index in [0.717, 1.165) is 6.42 Å². The third kappa shape index (κ3) is 2.11. The molecule has 1 aromatic rings. The lowest BCUT2D eigenvalue weighted by molar-refractivity contribution is -0.0410. The third-order valence-electron chi connectivity index (χ3n) is 2.64. The fourth-order valence-electron chi connectivity index (χ4n) is 1.78. The second kappa shape index (κ2) is 4.53. The van der Waals surface area contributed by atoms with Crippen LogP contribution in [0.25, 0.3) is 0 Å². The first-order chi connectivity index (χ1) is 7.62. The van der Waals surface area contributed by atoms with Gasteiger partial charge in [0.1, 0.15) is 6.23 Å². The van der Waals surface area contributed by atoms with Crippen LogP contribution in [-0.4, -0.2) is 32.1 Å². The topological polar surface area (TPSA) is 46.6 Å². The summed E-state index contributed by atoms with van der Waals surface area (Å²) in [4.78, 5) is 0.326. The molecule has 1 fully saturated rings. The average Bonchev–Trinajstić information content (AvgIpc) is 2.30. The van der Waals surface area contributed by atoms with Crippen LogP contribution in [0, 0.1) is 0 Å². The SMILES string of the molecule is CC1OCCCN1S(=O)(=O)c1ccccc1. The number of ether oxygens (including phenoxy) is 1. The lowest BCUT2D eigenvalue weighted by Crippen LogP contribution is -2.44. The van der Waals surface area contributed by atoms with Gasteiger partial charge in [-0.3, -0.25) is 0 Å². The number of sulfonamides is 1. The fourth-order valence-corrected chi connectivity index (χ4v) is 3.38. The molecule has 2 rings (SSSR count). The van der Waals surface area contributed by atoms with Crippen molar-refractivity contribution in [3.05, 3.63) is 30.3 Å². The molecule has 1 unspecified atom stereocenters. The molecule has 0 saturated carbocycles. The van der Waals surface area contributed by atoms with Crippen molar-refractivity contribution < 1.29 is 13.2 Å². The molecular formula is C11H15NO3S. The van der Waals surface area contributed by atoms with E-state index in [0.29, 0.717) is 18.0 Å². The van der Waals surface area contributed by atoms with Crippen molar-refractivity contribution in [1.82, 2.24) is 4.31 Å². The maximum atomic E-state index is 12.2. The zero-order valence-corrected chi connectivity index (χ0v) is 9.98. The van der Waals surface area contributed by atoms with Gasteiger partial charge in [-0.25, -0.2) is 8.42 Å². The molecule has 0 N–H and O–H groups in total. The zero-order valence-electron chi connectivity index (χ0n) is 9.17. The molecule has 1 saturated heterocycles. The highest BCUT2D eigenvalue weighted by Crippen LogP contribution is 2.21. The van der Waals surface area contributed by atoms with Gasteiger partial charge in [-0.1, -0.05) is 18.2 Å². The minimum Gasteiger partial charge on any atom is -0.362 e. The molecule has 1 aliphatic rings. The van der Waals surface area contributed by atoms with Gasteiger partial charge in [0.15, 0.2) is 0 Å². The molecule has 16 heavy (non-hydrogen) atoms. The van der Waals surface area contributed by atoms with Crippen molar-refractivity contribution in [2.45, 2.75) is 24.5 Å². The van der Waals surface area contributed by atoms with Crippen LogP contribution < -0.4 is 0 Å². The Hall–Kier alpha value is -0.910. The normalized spacial score (nSPS) is 23.2. The van der Waals surface area contributed by atoms with Crippen LogP contribution in [0.15, 0.2) is 35.2 Å². The Morgan fingerprint density at radius 2 is 2.00 bits per heavy atom. The van der Waals surface area contributed by atoms with Crippen LogP contribution in [0.2, 0.25) is 0 Å². The van der Waals surface area contributed by atoms with Gasteiger partial charge in [0.25, 0.3) is 0 Å². The summed E-state index contributed by atoms with van der Waals surface area (Å²) in [7, 11) is -3.40. The Morgan fingerprint density at radius 1 is 1.31 bits per heavy atom. The van der Waals surface area contributed by atoms with Gasteiger partial charge in [0.2, 0.25) is 10.0 Å². The fraction of sp³-hybridized carbons (Fsp3) is 0.455. The predicted octanol–water partition coefficient (Wildman–Crippen LogP) is 1.44. The van der Waals surface area contributed by atoms with E-state index in [4.69, 9.17) is 4.74 Å². The summed E-state index contributed by atoms with van der Waals surface area (Å²) in [6.45, 7) is 2.92. The van der Waals surface area contributed by atoms with E-state index >= 15 is 0 Å². The van der Waals surface area contributed by atoms with Gasteiger partial charge >= 0.3 is 0 Å². The summed E-state index contributed by atoms with van der Waals surface area (Å²) in [6.07, 6.45) is 0.370. The first kappa shape index (κ1) is 11.6. The molecule has 0 aromatic heterocycles. The van der Waals surface area contributed by atoms with Gasteiger partial charge in [-0.05, 0) is 25.5 Å². The highest BCUT2D eigenvalue weighted by atomic mass is 32.2. The molecule has 1 atom stereocenters. The minimum atomic E-state index is -3.40. The van der Waals surface area contributed by atoms with E-state index in [9.17, 15) is 8.42 Å². The summed E-state index contributed by atoms with van der Waals surface area (Å²) in [5.74, 6) is 0. The lowest BCUT2D eigenvalue weighted by Gasteiger charge is -2.32. The van der Waals surface area contributed by atoms with Crippen LogP contribution in [0.1, 0.15) is 13.3 Å². The summed E-state index contributed by atoms with van der Waals surface area (Å²) >= 11 is 0. The van der Waals surface area contributed by atoms with Crippen molar-refractivity contribution in [2.24, 2.45) is 0 Å². The molecule has 4 nitrogen and oxygen atoms in total. The highest BCUT2D eigenvalue weighted by Gasteiger charge is 2.31. The van der Waals surface area contributed by atoms with Crippen molar-refractivity contribution in [3.8, 4) is 0 Å². The number of hydrogen-bond acceptors (Lipinski definition) is 3. The van der Waals surface area contributed by atoms with Gasteiger partial charge in [-0.2, -0.15) is 4.31 Å². The van der Waals surface area contributed by atoms with E-state index in [2.05, 4.69) is 0 Å². The summed E-state index contributed by atoms with van der Waals surface area (Å²) in [5.41, 5.74) is 0. The molecule has 1 heterocycles. The van der Waals surface area contributed by atoms with Gasteiger partial charge in [0.05, 0.1) is 4.90 Å². The van der Waals surface area contributed by atoms with E-state index in [1.54, 1.807) is 37.3 Å². The largest absolute Gasteiger partial charge is 0.362 e. The highest BCUT2D eigenvalue weighted by molar-refractivity contribution is 7.89. The van der Waals surface area contributed by atoms with E-state index in [1.165, 1.54) is 4.31 Å². The van der Waals surface area contributed by atoms with Crippen LogP contribution >= 0.6 is 0 Å². The Bertz CT molecular complexity index is 444. The maximum absolute atomic E-state index is 12.2. The van der Waals surface area contributed by atoms with Crippen molar-refractivity contribution >= 4 is 10.0 Å². The second-order valence-corrected chi connectivity index (χ2v) is 5.64. The number of rotatable bonds is 2. The standard InChI is InChI=1S/C11H15NO3S/c1-10-12(8-5-9-15-10)16(13,14)11-6-3-2-4-7-11/h2-4,6-7,10H,5,8-9H2,1H3. The molecular weight excluding hydrogens is 226 g/mol. The van der Waals surface area contributed by atoms with Crippen LogP contribution in [0.4, 0.5) is 0 Å². The first-order valence-corrected chi connectivity index (χ1v) is 6.75. The second-order valence-electron chi connectivity index (χ2n) is 3.75. The maximum Gasteiger partial charge on any atom is 0.245 e. The molecule has 0 radical (unpaired) electrons. The molecule has 88 valence electrons. The number of benzene rings is 1. The van der Waals surface area contributed by atoms with Crippen molar-refractivity contribution in [2.75, 3.05) is 13.2 Å². The molecule has 1 aromatic carbocycles. The zero-order chi connectivity index (χ0) is 11.6. The van der Waals surface area contributed by atoms with E-state index < -0.39 is 10.0 Å². The van der Waals surface area contributed by atoms with Gasteiger partial charge < -0.3 is 4.74 Å². The average molecular weight is 241 g/mol. The summed E-state index contributed by atoms with van der Waals surface area (Å²) < 4.78 is 31.2. The van der Waals surface area contributed by atoms with Crippen LogP contribution in [-0.2, 0) is 14.8 Å². The smallest absolute Gasteiger partial charge is 0.245 e. The minimum absolute atomic E-state index is 0.326. The molecule has 0 aliphatic carbocycles. The number of hydrogen-bond donors (Lipinski definition) is 0. The molecule has 0 bridgehead atoms. The Balaban J connectivity index is 2.32. The Labute approximate surface area is 95.9 Å². The molecule has 0 spiro atoms. The molecule has 0 amide bonds. The number of nitrogens with zero attached hydrogens (tertiary/aromatic N) is 1. The van der Waals surface area contributed by atoms with Crippen molar-refractivity contribution in [1.29, 1.82) is 0 Å².